The molecule has 3 rings (SSSR count). The van der Waals surface area contributed by atoms with Gasteiger partial charge in [-0.1, -0.05) is 36.4 Å². The number of carbonyl (C=O) groups excluding carboxylic acids is 2. The molecule has 0 aliphatic carbocycles. The molecule has 7 heteroatoms. The Morgan fingerprint density at radius 1 is 1.17 bits per heavy atom. The zero-order valence-electron chi connectivity index (χ0n) is 19.9. The molecule has 2 aromatic carbocycles. The van der Waals surface area contributed by atoms with E-state index in [1.807, 2.05) is 49.6 Å². The van der Waals surface area contributed by atoms with Gasteiger partial charge in [0.1, 0.15) is 6.04 Å². The third-order valence-corrected chi connectivity index (χ3v) is 6.15. The first-order valence-electron chi connectivity index (χ1n) is 11.1. The Labute approximate surface area is 210 Å². The largest absolute Gasteiger partial charge is 0.467 e. The minimum absolute atomic E-state index is 0.354. The molecule has 0 spiro atoms. The van der Waals surface area contributed by atoms with Crippen LogP contribution in [0.5, 0.6) is 0 Å². The lowest BCUT2D eigenvalue weighted by Crippen LogP contribution is -2.42. The van der Waals surface area contributed by atoms with Crippen molar-refractivity contribution in [2.75, 3.05) is 19.1 Å². The highest BCUT2D eigenvalue weighted by atomic mass is 32.2. The number of benzene rings is 2. The molecule has 3 aromatic rings. The van der Waals surface area contributed by atoms with Gasteiger partial charge >= 0.3 is 5.97 Å². The van der Waals surface area contributed by atoms with E-state index in [2.05, 4.69) is 15.1 Å². The van der Waals surface area contributed by atoms with Gasteiger partial charge in [0.25, 0.3) is 5.91 Å². The Hall–Kier alpha value is -3.89. The number of aryl methyl sites for hydroxylation is 1. The Balaban J connectivity index is 2.06. The van der Waals surface area contributed by atoms with Gasteiger partial charge in [0.15, 0.2) is 5.70 Å². The first kappa shape index (κ1) is 25.7. The number of hydrogen-bond acceptors (Lipinski definition) is 5. The average Bonchev–Trinajstić information content (AvgIpc) is 2.89. The third kappa shape index (κ3) is 6.58. The minimum Gasteiger partial charge on any atom is -0.467 e. The van der Waals surface area contributed by atoms with Crippen LogP contribution >= 0.6 is 11.8 Å². The van der Waals surface area contributed by atoms with Crippen LogP contribution in [0.25, 0.3) is 27.7 Å². The van der Waals surface area contributed by atoms with Gasteiger partial charge in [-0.15, -0.1) is 0 Å². The molecule has 1 aromatic heterocycles. The van der Waals surface area contributed by atoms with E-state index in [4.69, 9.17) is 11.3 Å². The highest BCUT2D eigenvalue weighted by Gasteiger charge is 2.23. The number of nitrogens with zero attached hydrogens (tertiary/aromatic N) is 2. The highest BCUT2D eigenvalue weighted by Crippen LogP contribution is 2.30. The van der Waals surface area contributed by atoms with Crippen LogP contribution in [0.4, 0.5) is 0 Å². The molecule has 0 saturated heterocycles. The van der Waals surface area contributed by atoms with E-state index < -0.39 is 12.0 Å². The molecule has 0 fully saturated rings. The lowest BCUT2D eigenvalue weighted by molar-refractivity contribution is -0.142. The molecule has 0 aliphatic rings. The first-order valence-corrected chi connectivity index (χ1v) is 12.4. The fourth-order valence-corrected chi connectivity index (χ4v) is 4.13. The number of methoxy groups -OCH3 is 1. The molecule has 6 nitrogen and oxygen atoms in total. The molecule has 178 valence electrons. The number of ether oxygens (including phenoxy) is 1. The van der Waals surface area contributed by atoms with Crippen LogP contribution < -0.4 is 5.32 Å². The van der Waals surface area contributed by atoms with Crippen LogP contribution in [0.2, 0.25) is 0 Å². The summed E-state index contributed by atoms with van der Waals surface area (Å²) in [4.78, 5) is 33.4. The van der Waals surface area contributed by atoms with Gasteiger partial charge in [0.05, 0.1) is 13.7 Å². The van der Waals surface area contributed by atoms with E-state index in [-0.39, 0.29) is 5.91 Å². The van der Waals surface area contributed by atoms with Crippen molar-refractivity contribution < 1.29 is 14.3 Å². The van der Waals surface area contributed by atoms with E-state index in [9.17, 15) is 9.59 Å². The zero-order valence-corrected chi connectivity index (χ0v) is 20.8. The monoisotopic (exact) mass is 485 g/mol. The van der Waals surface area contributed by atoms with Crippen molar-refractivity contribution in [2.24, 2.45) is 0 Å². The molecular weight excluding hydrogens is 458 g/mol. The molecule has 1 atom stereocenters. The standard InChI is InChI=1S/C28H27N3O3S/c1-19-8-5-6-10-22(19)24-16-20(17-26(29-2)21-9-7-14-30-18-21)11-12-23(24)27(32)31-25(13-15-35-4)28(33)34-3/h5-12,14,16-18,25H,13,15H2,1,3-4H3,(H,31,32)/b26-17-/t25-/m0/s1. The molecular formula is C28H27N3O3S. The van der Waals surface area contributed by atoms with Gasteiger partial charge < -0.3 is 10.1 Å². The molecule has 0 saturated carbocycles. The SMILES string of the molecule is [C-]#[N+]/C(=C\c1ccc(C(=O)N[C@@H](CCSC)C(=O)OC)c(-c2ccccc2C)c1)c1cccnc1. The Kier molecular flexibility index (Phi) is 9.22. The van der Waals surface area contributed by atoms with E-state index in [1.165, 1.54) is 7.11 Å². The summed E-state index contributed by atoms with van der Waals surface area (Å²) in [5.74, 6) is -0.113. The van der Waals surface area contributed by atoms with Crippen molar-refractivity contribution in [3.63, 3.8) is 0 Å². The predicted octanol–water partition coefficient (Wildman–Crippen LogP) is 5.50. The smallest absolute Gasteiger partial charge is 0.328 e. The van der Waals surface area contributed by atoms with Crippen LogP contribution in [-0.2, 0) is 9.53 Å². The first-order chi connectivity index (χ1) is 17.0. The van der Waals surface area contributed by atoms with Crippen LogP contribution in [0.1, 0.15) is 33.5 Å². The Morgan fingerprint density at radius 3 is 2.63 bits per heavy atom. The summed E-state index contributed by atoms with van der Waals surface area (Å²) in [6.45, 7) is 9.60. The van der Waals surface area contributed by atoms with Gasteiger partial charge in [0, 0.05) is 18.0 Å². The molecule has 1 heterocycles. The van der Waals surface area contributed by atoms with Crippen LogP contribution in [0.15, 0.2) is 67.0 Å². The number of pyridine rings is 1. The van der Waals surface area contributed by atoms with Crippen molar-refractivity contribution in [3.05, 3.63) is 101 Å². The normalized spacial score (nSPS) is 11.9. The topological polar surface area (TPSA) is 72.7 Å². The van der Waals surface area contributed by atoms with Crippen LogP contribution in [0, 0.1) is 13.5 Å². The number of thioether (sulfide) groups is 1. The van der Waals surface area contributed by atoms with E-state index in [0.29, 0.717) is 23.4 Å². The number of aromatic nitrogens is 1. The van der Waals surface area contributed by atoms with E-state index in [0.717, 1.165) is 27.8 Å². The van der Waals surface area contributed by atoms with Gasteiger partial charge in [-0.05, 0) is 77.4 Å². The van der Waals surface area contributed by atoms with Crippen molar-refractivity contribution >= 4 is 35.4 Å². The van der Waals surface area contributed by atoms with Crippen molar-refractivity contribution in [1.29, 1.82) is 0 Å². The minimum atomic E-state index is -0.733. The fraction of sp³-hybridized carbons (Fsp3) is 0.214. The summed E-state index contributed by atoms with van der Waals surface area (Å²) in [6.07, 6.45) is 7.51. The fourth-order valence-electron chi connectivity index (χ4n) is 3.66. The molecule has 0 bridgehead atoms. The maximum Gasteiger partial charge on any atom is 0.328 e. The quantitative estimate of drug-likeness (QED) is 0.320. The summed E-state index contributed by atoms with van der Waals surface area (Å²) in [5, 5.41) is 2.85. The maximum absolute atomic E-state index is 13.4. The number of esters is 1. The van der Waals surface area contributed by atoms with Crippen LogP contribution in [-0.4, -0.2) is 42.0 Å². The summed E-state index contributed by atoms with van der Waals surface area (Å²) in [5.41, 5.74) is 5.02. The van der Waals surface area contributed by atoms with Crippen molar-refractivity contribution in [3.8, 4) is 11.1 Å². The Morgan fingerprint density at radius 2 is 1.97 bits per heavy atom. The molecule has 0 unspecified atom stereocenters. The highest BCUT2D eigenvalue weighted by molar-refractivity contribution is 7.98. The molecule has 1 amide bonds. The molecule has 1 N–H and O–H groups in total. The number of carbonyl (C=O) groups is 2. The summed E-state index contributed by atoms with van der Waals surface area (Å²) in [7, 11) is 1.32. The van der Waals surface area contributed by atoms with E-state index >= 15 is 0 Å². The summed E-state index contributed by atoms with van der Waals surface area (Å²) < 4.78 is 4.89. The third-order valence-electron chi connectivity index (χ3n) is 5.51. The number of nitrogens with one attached hydrogen (secondary N) is 1. The van der Waals surface area contributed by atoms with Crippen LogP contribution in [0.3, 0.4) is 0 Å². The number of hydrogen-bond donors (Lipinski definition) is 1. The number of amides is 1. The average molecular weight is 486 g/mol. The van der Waals surface area contributed by atoms with Gasteiger partial charge in [-0.3, -0.25) is 9.78 Å². The molecule has 0 radical (unpaired) electrons. The molecule has 0 aliphatic heterocycles. The summed E-state index contributed by atoms with van der Waals surface area (Å²) >= 11 is 1.60. The van der Waals surface area contributed by atoms with Crippen molar-refractivity contribution in [1.82, 2.24) is 10.3 Å². The van der Waals surface area contributed by atoms with Crippen molar-refractivity contribution in [2.45, 2.75) is 19.4 Å². The second-order valence-corrected chi connectivity index (χ2v) is 8.82. The Bertz CT molecular complexity index is 1270. The zero-order chi connectivity index (χ0) is 25.2. The summed E-state index contributed by atoms with van der Waals surface area (Å²) in [6, 6.07) is 16.1. The predicted molar refractivity (Wildman–Crippen MR) is 142 cm³/mol. The maximum atomic E-state index is 13.4. The van der Waals surface area contributed by atoms with Gasteiger partial charge in [0.2, 0.25) is 0 Å². The lowest BCUT2D eigenvalue weighted by atomic mass is 9.93. The molecule has 35 heavy (non-hydrogen) atoms. The van der Waals surface area contributed by atoms with Gasteiger partial charge in [-0.25, -0.2) is 9.64 Å². The second-order valence-electron chi connectivity index (χ2n) is 7.83. The van der Waals surface area contributed by atoms with E-state index in [1.54, 1.807) is 48.4 Å². The number of rotatable bonds is 9. The second kappa shape index (κ2) is 12.5. The lowest BCUT2D eigenvalue weighted by Gasteiger charge is -2.18. The van der Waals surface area contributed by atoms with Gasteiger partial charge in [-0.2, -0.15) is 11.8 Å².